The van der Waals surface area contributed by atoms with E-state index in [0.29, 0.717) is 21.7 Å². The molecule has 0 unspecified atom stereocenters. The molecular formula is C21H21Cl2N5O. The molecule has 0 aliphatic carbocycles. The van der Waals surface area contributed by atoms with Crippen molar-refractivity contribution in [2.24, 2.45) is 11.1 Å². The van der Waals surface area contributed by atoms with Gasteiger partial charge in [0.05, 0.1) is 28.6 Å². The molecular weight excluding hydrogens is 409 g/mol. The van der Waals surface area contributed by atoms with Crippen LogP contribution in [0.1, 0.15) is 24.6 Å². The number of nitrogens with zero attached hydrogens (tertiary/aromatic N) is 4. The summed E-state index contributed by atoms with van der Waals surface area (Å²) in [7, 11) is 0. The van der Waals surface area contributed by atoms with Gasteiger partial charge >= 0.3 is 0 Å². The van der Waals surface area contributed by atoms with Crippen molar-refractivity contribution in [3.8, 4) is 11.6 Å². The Morgan fingerprint density at radius 1 is 1.10 bits per heavy atom. The summed E-state index contributed by atoms with van der Waals surface area (Å²) in [5.74, 6) is 0.974. The zero-order valence-electron chi connectivity index (χ0n) is 15.8. The summed E-state index contributed by atoms with van der Waals surface area (Å²) in [4.78, 5) is 6.79. The predicted molar refractivity (Wildman–Crippen MR) is 114 cm³/mol. The number of anilines is 1. The minimum atomic E-state index is 0.0588. The van der Waals surface area contributed by atoms with E-state index in [4.69, 9.17) is 33.7 Å². The van der Waals surface area contributed by atoms with Gasteiger partial charge < -0.3 is 15.4 Å². The maximum atomic E-state index is 6.57. The molecule has 6 nitrogen and oxygen atoms in total. The van der Waals surface area contributed by atoms with Gasteiger partial charge in [-0.05, 0) is 37.1 Å². The molecule has 3 aromatic rings. The van der Waals surface area contributed by atoms with Crippen LogP contribution in [0.25, 0.3) is 0 Å². The van der Waals surface area contributed by atoms with Crippen LogP contribution < -0.4 is 15.4 Å². The van der Waals surface area contributed by atoms with Gasteiger partial charge in [0.15, 0.2) is 0 Å². The quantitative estimate of drug-likeness (QED) is 0.654. The van der Waals surface area contributed by atoms with Crippen LogP contribution in [0.15, 0.2) is 48.8 Å². The SMILES string of the molecule is N[C@@H]1c2ccnn2CC12CCN(c1ccc(Oc3cccc(Cl)c3Cl)nc1)CC2. The summed E-state index contributed by atoms with van der Waals surface area (Å²) in [6.07, 6.45) is 5.75. The number of rotatable bonds is 3. The van der Waals surface area contributed by atoms with Gasteiger partial charge in [0.2, 0.25) is 5.88 Å². The van der Waals surface area contributed by atoms with Gasteiger partial charge in [-0.3, -0.25) is 4.68 Å². The summed E-state index contributed by atoms with van der Waals surface area (Å²) in [6, 6.07) is 11.3. The Morgan fingerprint density at radius 2 is 1.93 bits per heavy atom. The number of pyridine rings is 1. The number of piperidine rings is 1. The minimum Gasteiger partial charge on any atom is -0.437 e. The summed E-state index contributed by atoms with van der Waals surface area (Å²) < 4.78 is 7.84. The van der Waals surface area contributed by atoms with E-state index in [9.17, 15) is 0 Å². The third-order valence-electron chi connectivity index (χ3n) is 6.17. The van der Waals surface area contributed by atoms with Gasteiger partial charge in [0.1, 0.15) is 10.8 Å². The van der Waals surface area contributed by atoms with E-state index in [1.807, 2.05) is 30.6 Å². The molecule has 8 heteroatoms. The van der Waals surface area contributed by atoms with Crippen LogP contribution in [0.3, 0.4) is 0 Å². The van der Waals surface area contributed by atoms with Gasteiger partial charge in [-0.15, -0.1) is 0 Å². The highest BCUT2D eigenvalue weighted by molar-refractivity contribution is 6.42. The predicted octanol–water partition coefficient (Wildman–Crippen LogP) is 4.68. The Bertz CT molecular complexity index is 1030. The molecule has 0 radical (unpaired) electrons. The monoisotopic (exact) mass is 429 g/mol. The lowest BCUT2D eigenvalue weighted by Crippen LogP contribution is -2.44. The third kappa shape index (κ3) is 3.25. The van der Waals surface area contributed by atoms with E-state index < -0.39 is 0 Å². The lowest BCUT2D eigenvalue weighted by molar-refractivity contribution is 0.170. The number of hydrogen-bond donors (Lipinski definition) is 1. The van der Waals surface area contributed by atoms with Crippen LogP contribution in [-0.2, 0) is 6.54 Å². The molecule has 2 N–H and O–H groups in total. The summed E-state index contributed by atoms with van der Waals surface area (Å²) in [5, 5.41) is 5.25. The number of nitrogens with two attached hydrogens (primary N) is 1. The summed E-state index contributed by atoms with van der Waals surface area (Å²) in [6.45, 7) is 2.80. The number of ether oxygens (including phenoxy) is 1. The smallest absolute Gasteiger partial charge is 0.219 e. The first-order chi connectivity index (χ1) is 14.1. The minimum absolute atomic E-state index is 0.0588. The Labute approximate surface area is 179 Å². The largest absolute Gasteiger partial charge is 0.437 e. The van der Waals surface area contributed by atoms with Gasteiger partial charge in [-0.2, -0.15) is 5.10 Å². The van der Waals surface area contributed by atoms with E-state index in [1.54, 1.807) is 18.2 Å². The van der Waals surface area contributed by atoms with Crippen molar-refractivity contribution < 1.29 is 4.74 Å². The van der Waals surface area contributed by atoms with Gasteiger partial charge in [0.25, 0.3) is 0 Å². The standard InChI is InChI=1S/C21H21Cl2N5O/c22-15-2-1-3-17(19(15)23)29-18-5-4-14(12-25-18)27-10-7-21(8-11-27)13-28-16(20(21)24)6-9-26-28/h1-6,9,12,20H,7-8,10-11,13,24H2/t20-/m1/s1. The van der Waals surface area contributed by atoms with Crippen LogP contribution in [-0.4, -0.2) is 27.9 Å². The number of aromatic nitrogens is 3. The van der Waals surface area contributed by atoms with Crippen molar-refractivity contribution >= 4 is 28.9 Å². The molecule has 2 aliphatic rings. The van der Waals surface area contributed by atoms with E-state index in [2.05, 4.69) is 19.7 Å². The number of halogens is 2. The van der Waals surface area contributed by atoms with Crippen molar-refractivity contribution in [2.75, 3.05) is 18.0 Å². The van der Waals surface area contributed by atoms with Crippen molar-refractivity contribution in [2.45, 2.75) is 25.4 Å². The second kappa shape index (κ2) is 7.20. The summed E-state index contributed by atoms with van der Waals surface area (Å²) >= 11 is 12.2. The van der Waals surface area contributed by atoms with Crippen molar-refractivity contribution in [1.29, 1.82) is 0 Å². The highest BCUT2D eigenvalue weighted by atomic mass is 35.5. The third-order valence-corrected chi connectivity index (χ3v) is 6.97. The fraction of sp³-hybridized carbons (Fsp3) is 0.333. The molecule has 1 atom stereocenters. The van der Waals surface area contributed by atoms with Crippen LogP contribution in [0.2, 0.25) is 10.0 Å². The average Bonchev–Trinajstić information content (AvgIpc) is 3.28. The molecule has 5 rings (SSSR count). The molecule has 1 saturated heterocycles. The average molecular weight is 430 g/mol. The highest BCUT2D eigenvalue weighted by Crippen LogP contribution is 2.48. The highest BCUT2D eigenvalue weighted by Gasteiger charge is 2.46. The van der Waals surface area contributed by atoms with Crippen molar-refractivity contribution in [3.05, 3.63) is 64.5 Å². The zero-order chi connectivity index (χ0) is 20.0. The molecule has 1 spiro atoms. The molecule has 2 aromatic heterocycles. The second-order valence-corrected chi connectivity index (χ2v) is 8.53. The molecule has 0 bridgehead atoms. The Hall–Kier alpha value is -2.28. The zero-order valence-corrected chi connectivity index (χ0v) is 17.3. The van der Waals surface area contributed by atoms with Crippen molar-refractivity contribution in [3.63, 3.8) is 0 Å². The molecule has 0 amide bonds. The fourth-order valence-electron chi connectivity index (χ4n) is 4.42. The van der Waals surface area contributed by atoms with Crippen LogP contribution >= 0.6 is 23.2 Å². The van der Waals surface area contributed by atoms with E-state index >= 15 is 0 Å². The van der Waals surface area contributed by atoms with Gasteiger partial charge in [0, 0.05) is 37.3 Å². The maximum Gasteiger partial charge on any atom is 0.219 e. The Kier molecular flexibility index (Phi) is 4.65. The Balaban J connectivity index is 1.25. The molecule has 2 aliphatic heterocycles. The molecule has 4 heterocycles. The van der Waals surface area contributed by atoms with E-state index in [0.717, 1.165) is 43.9 Å². The fourth-order valence-corrected chi connectivity index (χ4v) is 4.75. The Morgan fingerprint density at radius 3 is 2.66 bits per heavy atom. The lowest BCUT2D eigenvalue weighted by Gasteiger charge is -2.42. The number of fused-ring (bicyclic) bond motifs is 1. The first kappa shape index (κ1) is 18.7. The first-order valence-electron chi connectivity index (χ1n) is 9.66. The van der Waals surface area contributed by atoms with Crippen LogP contribution in [0, 0.1) is 5.41 Å². The van der Waals surface area contributed by atoms with Gasteiger partial charge in [-0.1, -0.05) is 29.3 Å². The molecule has 0 saturated carbocycles. The normalized spacial score (nSPS) is 20.1. The van der Waals surface area contributed by atoms with E-state index in [-0.39, 0.29) is 11.5 Å². The van der Waals surface area contributed by atoms with Gasteiger partial charge in [-0.25, -0.2) is 4.98 Å². The van der Waals surface area contributed by atoms with Crippen molar-refractivity contribution in [1.82, 2.24) is 14.8 Å². The molecule has 1 aromatic carbocycles. The van der Waals surface area contributed by atoms with E-state index in [1.165, 1.54) is 0 Å². The molecule has 29 heavy (non-hydrogen) atoms. The summed E-state index contributed by atoms with van der Waals surface area (Å²) in [5.41, 5.74) is 8.91. The number of hydrogen-bond acceptors (Lipinski definition) is 5. The number of benzene rings is 1. The molecule has 150 valence electrons. The first-order valence-corrected chi connectivity index (χ1v) is 10.4. The maximum absolute atomic E-state index is 6.57. The second-order valence-electron chi connectivity index (χ2n) is 7.75. The van der Waals surface area contributed by atoms with Crippen LogP contribution in [0.4, 0.5) is 5.69 Å². The van der Waals surface area contributed by atoms with Crippen LogP contribution in [0.5, 0.6) is 11.6 Å². The topological polar surface area (TPSA) is 69.2 Å². The molecule has 1 fully saturated rings. The lowest BCUT2D eigenvalue weighted by atomic mass is 9.73.